The number of nitrogen functional groups attached to an aromatic ring is 1. The second-order valence-electron chi connectivity index (χ2n) is 4.66. The number of hydrogen-bond donors (Lipinski definition) is 4. The molecule has 1 aliphatic heterocycles. The normalized spacial score (nSPS) is 21.7. The van der Waals surface area contributed by atoms with E-state index in [4.69, 9.17) is 15.3 Å². The molecule has 2 heterocycles. The van der Waals surface area contributed by atoms with Crippen molar-refractivity contribution in [1.82, 2.24) is 5.32 Å². The average molecular weight is 308 g/mol. The molecule has 1 aromatic carbocycles. The third-order valence-electron chi connectivity index (χ3n) is 3.28. The van der Waals surface area contributed by atoms with Gasteiger partial charge in [0.25, 0.3) is 0 Å². The van der Waals surface area contributed by atoms with Crippen LogP contribution in [0.2, 0.25) is 0 Å². The summed E-state index contributed by atoms with van der Waals surface area (Å²) in [7, 11) is 0. The summed E-state index contributed by atoms with van der Waals surface area (Å²) in [6.07, 6.45) is 0. The standard InChI is InChI=1S/C13H12N2O5S/c14-11-9(12-15-7(4-21-12)13(18)19)10(17)6-3-5(16)1-2-8(6)20-11/h1-3,7,12,15-16H,4,14H2,(H,18,19). The van der Waals surface area contributed by atoms with Crippen molar-refractivity contribution in [2.75, 3.05) is 11.5 Å². The molecule has 2 atom stereocenters. The molecule has 1 aromatic heterocycles. The van der Waals surface area contributed by atoms with E-state index in [9.17, 15) is 14.7 Å². The van der Waals surface area contributed by atoms with Gasteiger partial charge in [0.2, 0.25) is 11.3 Å². The maximum Gasteiger partial charge on any atom is 0.321 e. The molecular weight excluding hydrogens is 296 g/mol. The van der Waals surface area contributed by atoms with Gasteiger partial charge in [0.1, 0.15) is 17.4 Å². The second kappa shape index (κ2) is 4.97. The summed E-state index contributed by atoms with van der Waals surface area (Å²) in [6.45, 7) is 0. The van der Waals surface area contributed by atoms with Gasteiger partial charge in [-0.1, -0.05) is 0 Å². The lowest BCUT2D eigenvalue weighted by atomic mass is 10.1. The predicted molar refractivity (Wildman–Crippen MR) is 78.3 cm³/mol. The van der Waals surface area contributed by atoms with Crippen molar-refractivity contribution < 1.29 is 19.4 Å². The van der Waals surface area contributed by atoms with E-state index in [1.165, 1.54) is 30.0 Å². The van der Waals surface area contributed by atoms with Crippen LogP contribution in [-0.4, -0.2) is 28.0 Å². The third kappa shape index (κ3) is 2.32. The van der Waals surface area contributed by atoms with Crippen molar-refractivity contribution in [3.05, 3.63) is 34.0 Å². The molecule has 1 aliphatic rings. The quantitative estimate of drug-likeness (QED) is 0.644. The van der Waals surface area contributed by atoms with Crippen LogP contribution in [-0.2, 0) is 4.79 Å². The first-order valence-electron chi connectivity index (χ1n) is 6.13. The molecule has 1 saturated heterocycles. The van der Waals surface area contributed by atoms with E-state index in [1.54, 1.807) is 0 Å². The van der Waals surface area contributed by atoms with Gasteiger partial charge in [0.15, 0.2) is 0 Å². The smallest absolute Gasteiger partial charge is 0.321 e. The molecule has 0 aliphatic carbocycles. The molecule has 8 heteroatoms. The number of carboxylic acids is 1. The zero-order valence-electron chi connectivity index (χ0n) is 10.7. The first-order chi connectivity index (χ1) is 9.97. The zero-order chi connectivity index (χ0) is 15.1. The number of nitrogens with one attached hydrogen (secondary N) is 1. The molecule has 1 fully saturated rings. The number of nitrogens with two attached hydrogens (primary N) is 1. The number of aromatic hydroxyl groups is 1. The molecule has 2 aromatic rings. The topological polar surface area (TPSA) is 126 Å². The number of benzene rings is 1. The molecule has 0 saturated carbocycles. The number of carboxylic acid groups (broad SMARTS) is 1. The average Bonchev–Trinajstić information content (AvgIpc) is 2.89. The minimum Gasteiger partial charge on any atom is -0.508 e. The number of aliphatic carboxylic acids is 1. The Hall–Kier alpha value is -2.19. The molecule has 5 N–H and O–H groups in total. The molecule has 21 heavy (non-hydrogen) atoms. The summed E-state index contributed by atoms with van der Waals surface area (Å²) in [5, 5.41) is 21.0. The van der Waals surface area contributed by atoms with Crippen molar-refractivity contribution in [2.24, 2.45) is 0 Å². The fraction of sp³-hybridized carbons (Fsp3) is 0.231. The number of fused-ring (bicyclic) bond motifs is 1. The van der Waals surface area contributed by atoms with Gasteiger partial charge < -0.3 is 20.4 Å². The van der Waals surface area contributed by atoms with Crippen molar-refractivity contribution in [2.45, 2.75) is 11.4 Å². The van der Waals surface area contributed by atoms with Gasteiger partial charge in [-0.15, -0.1) is 11.8 Å². The highest BCUT2D eigenvalue weighted by molar-refractivity contribution is 7.99. The van der Waals surface area contributed by atoms with Crippen LogP contribution < -0.4 is 16.5 Å². The van der Waals surface area contributed by atoms with E-state index in [0.717, 1.165) is 0 Å². The van der Waals surface area contributed by atoms with Crippen LogP contribution in [0.3, 0.4) is 0 Å². The molecule has 0 bridgehead atoms. The van der Waals surface area contributed by atoms with Crippen LogP contribution in [0.5, 0.6) is 5.75 Å². The summed E-state index contributed by atoms with van der Waals surface area (Å²) in [4.78, 5) is 23.5. The molecule has 0 spiro atoms. The van der Waals surface area contributed by atoms with Gasteiger partial charge in [-0.2, -0.15) is 0 Å². The minimum absolute atomic E-state index is 0.0470. The number of carbonyl (C=O) groups is 1. The molecule has 7 nitrogen and oxygen atoms in total. The lowest BCUT2D eigenvalue weighted by Crippen LogP contribution is -2.35. The highest BCUT2D eigenvalue weighted by Gasteiger charge is 2.33. The van der Waals surface area contributed by atoms with Crippen molar-refractivity contribution >= 4 is 34.6 Å². The molecular formula is C13H12N2O5S. The minimum atomic E-state index is -0.980. The van der Waals surface area contributed by atoms with Gasteiger partial charge in [0.05, 0.1) is 16.3 Å². The van der Waals surface area contributed by atoms with Crippen molar-refractivity contribution in [1.29, 1.82) is 0 Å². The first-order valence-corrected chi connectivity index (χ1v) is 7.18. The Morgan fingerprint density at radius 1 is 1.48 bits per heavy atom. The number of phenolic OH excluding ortho intramolecular Hbond substituents is 1. The third-order valence-corrected chi connectivity index (χ3v) is 4.51. The Labute approximate surface area is 122 Å². The second-order valence-corrected chi connectivity index (χ2v) is 5.80. The van der Waals surface area contributed by atoms with Gasteiger partial charge in [-0.05, 0) is 18.2 Å². The van der Waals surface area contributed by atoms with Gasteiger partial charge in [-0.25, -0.2) is 0 Å². The van der Waals surface area contributed by atoms with Crippen LogP contribution in [0.15, 0.2) is 27.4 Å². The maximum absolute atomic E-state index is 12.5. The summed E-state index contributed by atoms with van der Waals surface area (Å²) in [6, 6.07) is 3.42. The van der Waals surface area contributed by atoms with E-state index < -0.39 is 17.4 Å². The van der Waals surface area contributed by atoms with E-state index in [-0.39, 0.29) is 33.6 Å². The van der Waals surface area contributed by atoms with Crippen LogP contribution in [0.25, 0.3) is 11.0 Å². The van der Waals surface area contributed by atoms with Gasteiger partial charge in [0, 0.05) is 5.75 Å². The van der Waals surface area contributed by atoms with E-state index in [2.05, 4.69) is 5.32 Å². The summed E-state index contributed by atoms with van der Waals surface area (Å²) < 4.78 is 5.40. The first kappa shape index (κ1) is 13.8. The van der Waals surface area contributed by atoms with E-state index >= 15 is 0 Å². The van der Waals surface area contributed by atoms with E-state index in [1.807, 2.05) is 0 Å². The number of anilines is 1. The SMILES string of the molecule is Nc1oc2ccc(O)cc2c(=O)c1C1NC(C(=O)O)CS1. The predicted octanol–water partition coefficient (Wildman–Crippen LogP) is 0.869. The Morgan fingerprint density at radius 3 is 2.90 bits per heavy atom. The largest absolute Gasteiger partial charge is 0.508 e. The molecule has 2 unspecified atom stereocenters. The van der Waals surface area contributed by atoms with Crippen LogP contribution in [0.4, 0.5) is 5.88 Å². The van der Waals surface area contributed by atoms with Crippen molar-refractivity contribution in [3.8, 4) is 5.75 Å². The fourth-order valence-corrected chi connectivity index (χ4v) is 3.52. The van der Waals surface area contributed by atoms with Crippen LogP contribution in [0.1, 0.15) is 10.9 Å². The summed E-state index contributed by atoms with van der Waals surface area (Å²) in [5.41, 5.74) is 5.88. The maximum atomic E-state index is 12.5. The van der Waals surface area contributed by atoms with Crippen LogP contribution >= 0.6 is 11.8 Å². The summed E-state index contributed by atoms with van der Waals surface area (Å²) >= 11 is 1.28. The lowest BCUT2D eigenvalue weighted by Gasteiger charge is -2.13. The Kier molecular flexibility index (Phi) is 3.26. The lowest BCUT2D eigenvalue weighted by molar-refractivity contribution is -0.138. The fourth-order valence-electron chi connectivity index (χ4n) is 2.24. The Bertz CT molecular complexity index is 788. The number of thioether (sulfide) groups is 1. The number of phenols is 1. The Balaban J connectivity index is 2.11. The van der Waals surface area contributed by atoms with Crippen LogP contribution in [0, 0.1) is 0 Å². The Morgan fingerprint density at radius 2 is 2.24 bits per heavy atom. The highest BCUT2D eigenvalue weighted by atomic mass is 32.2. The zero-order valence-corrected chi connectivity index (χ0v) is 11.5. The van der Waals surface area contributed by atoms with Gasteiger partial charge >= 0.3 is 5.97 Å². The molecule has 0 amide bonds. The molecule has 3 rings (SSSR count). The summed E-state index contributed by atoms with van der Waals surface area (Å²) in [5.74, 6) is -0.752. The number of hydrogen-bond acceptors (Lipinski definition) is 7. The highest BCUT2D eigenvalue weighted by Crippen LogP contribution is 2.35. The van der Waals surface area contributed by atoms with E-state index in [0.29, 0.717) is 5.75 Å². The van der Waals surface area contributed by atoms with Crippen molar-refractivity contribution in [3.63, 3.8) is 0 Å². The monoisotopic (exact) mass is 308 g/mol. The molecule has 0 radical (unpaired) electrons. The number of rotatable bonds is 2. The molecule has 110 valence electrons. The van der Waals surface area contributed by atoms with Gasteiger partial charge in [-0.3, -0.25) is 14.9 Å².